The van der Waals surface area contributed by atoms with Gasteiger partial charge in [0.15, 0.2) is 0 Å². The third-order valence-electron chi connectivity index (χ3n) is 3.92. The Kier molecular flexibility index (Phi) is 4.63. The molecule has 1 aliphatic rings. The predicted molar refractivity (Wildman–Crippen MR) is 81.9 cm³/mol. The third-order valence-corrected chi connectivity index (χ3v) is 3.92. The molecular formula is C16H25N3O. The van der Waals surface area contributed by atoms with Crippen molar-refractivity contribution in [2.75, 3.05) is 11.9 Å². The molecular weight excluding hydrogens is 250 g/mol. The van der Waals surface area contributed by atoms with E-state index in [2.05, 4.69) is 29.5 Å². The molecule has 1 aromatic rings. The minimum atomic E-state index is -0.0595. The van der Waals surface area contributed by atoms with Crippen LogP contribution < -0.4 is 10.6 Å². The lowest BCUT2D eigenvalue weighted by molar-refractivity contribution is 0.0897. The molecule has 0 saturated heterocycles. The van der Waals surface area contributed by atoms with Crippen molar-refractivity contribution in [1.82, 2.24) is 10.3 Å². The van der Waals surface area contributed by atoms with E-state index in [1.807, 2.05) is 13.0 Å². The molecule has 1 atom stereocenters. The first-order chi connectivity index (χ1) is 9.50. The molecule has 1 heterocycles. The Labute approximate surface area is 121 Å². The van der Waals surface area contributed by atoms with Gasteiger partial charge < -0.3 is 10.6 Å². The lowest BCUT2D eigenvalue weighted by atomic mass is 9.75. The van der Waals surface area contributed by atoms with Gasteiger partial charge in [-0.05, 0) is 43.7 Å². The quantitative estimate of drug-likeness (QED) is 0.887. The van der Waals surface area contributed by atoms with Crippen LogP contribution in [0.5, 0.6) is 0 Å². The van der Waals surface area contributed by atoms with E-state index < -0.39 is 0 Å². The molecule has 0 aromatic carbocycles. The topological polar surface area (TPSA) is 54.0 Å². The number of carbonyl (C=O) groups is 1. The molecule has 0 bridgehead atoms. The fraction of sp³-hybridized carbons (Fsp3) is 0.625. The zero-order valence-electron chi connectivity index (χ0n) is 12.7. The van der Waals surface area contributed by atoms with E-state index in [0.29, 0.717) is 11.1 Å². The number of hydrogen-bond donors (Lipinski definition) is 2. The van der Waals surface area contributed by atoms with Crippen LogP contribution in [-0.2, 0) is 0 Å². The summed E-state index contributed by atoms with van der Waals surface area (Å²) in [6.07, 6.45) is 6.27. The molecule has 0 radical (unpaired) electrons. The van der Waals surface area contributed by atoms with Crippen LogP contribution in [0.1, 0.15) is 56.9 Å². The fourth-order valence-electron chi connectivity index (χ4n) is 2.92. The molecule has 110 valence electrons. The number of amides is 1. The average molecular weight is 275 g/mol. The summed E-state index contributed by atoms with van der Waals surface area (Å²) in [5.74, 6) is -0.0595. The van der Waals surface area contributed by atoms with Crippen LogP contribution in [0.25, 0.3) is 0 Å². The maximum absolute atomic E-state index is 12.2. The van der Waals surface area contributed by atoms with E-state index in [1.54, 1.807) is 12.3 Å². The minimum absolute atomic E-state index is 0.0595. The van der Waals surface area contributed by atoms with Gasteiger partial charge in [0.2, 0.25) is 0 Å². The van der Waals surface area contributed by atoms with Crippen LogP contribution in [-0.4, -0.2) is 23.5 Å². The largest absolute Gasteiger partial charge is 0.384 e. The average Bonchev–Trinajstić information content (AvgIpc) is 2.38. The predicted octanol–water partition coefficient (Wildman–Crippen LogP) is 3.21. The number of hydrogen-bond acceptors (Lipinski definition) is 3. The van der Waals surface area contributed by atoms with E-state index in [0.717, 1.165) is 25.1 Å². The normalized spacial score (nSPS) is 21.2. The summed E-state index contributed by atoms with van der Waals surface area (Å²) in [5.41, 5.74) is 1.77. The first-order valence-electron chi connectivity index (χ1n) is 7.51. The van der Waals surface area contributed by atoms with Gasteiger partial charge in [-0.2, -0.15) is 0 Å². The van der Waals surface area contributed by atoms with E-state index in [9.17, 15) is 4.79 Å². The lowest BCUT2D eigenvalue weighted by Gasteiger charge is -2.35. The molecule has 2 rings (SSSR count). The summed E-state index contributed by atoms with van der Waals surface area (Å²) in [6.45, 7) is 7.43. The van der Waals surface area contributed by atoms with Crippen molar-refractivity contribution in [3.05, 3.63) is 24.0 Å². The van der Waals surface area contributed by atoms with Crippen molar-refractivity contribution in [2.45, 2.75) is 52.5 Å². The van der Waals surface area contributed by atoms with Gasteiger partial charge in [0.1, 0.15) is 5.69 Å². The summed E-state index contributed by atoms with van der Waals surface area (Å²) in [7, 11) is 0. The monoisotopic (exact) mass is 275 g/mol. The molecule has 1 fully saturated rings. The number of nitrogens with zero attached hydrogens (tertiary/aromatic N) is 1. The minimum Gasteiger partial charge on any atom is -0.384 e. The number of rotatable bonds is 4. The Morgan fingerprint density at radius 3 is 2.85 bits per heavy atom. The third kappa shape index (κ3) is 3.95. The molecule has 0 aliphatic heterocycles. The maximum atomic E-state index is 12.2. The highest BCUT2D eigenvalue weighted by Crippen LogP contribution is 2.35. The number of aromatic nitrogens is 1. The van der Waals surface area contributed by atoms with Crippen molar-refractivity contribution >= 4 is 11.6 Å². The van der Waals surface area contributed by atoms with Gasteiger partial charge in [-0.1, -0.05) is 20.3 Å². The van der Waals surface area contributed by atoms with Crippen LogP contribution >= 0.6 is 0 Å². The van der Waals surface area contributed by atoms with Crippen molar-refractivity contribution < 1.29 is 4.79 Å². The van der Waals surface area contributed by atoms with E-state index >= 15 is 0 Å². The molecule has 1 unspecified atom stereocenters. The first kappa shape index (κ1) is 14.8. The number of carbonyl (C=O) groups excluding carboxylic acids is 1. The Hall–Kier alpha value is -1.58. The van der Waals surface area contributed by atoms with Crippen LogP contribution in [0.15, 0.2) is 18.3 Å². The van der Waals surface area contributed by atoms with Gasteiger partial charge in [-0.15, -0.1) is 0 Å². The molecule has 1 aliphatic carbocycles. The lowest BCUT2D eigenvalue weighted by Crippen LogP contribution is -2.40. The molecule has 4 nitrogen and oxygen atoms in total. The van der Waals surface area contributed by atoms with Crippen LogP contribution in [0.4, 0.5) is 5.69 Å². The summed E-state index contributed by atoms with van der Waals surface area (Å²) < 4.78 is 0. The second-order valence-corrected chi connectivity index (χ2v) is 6.39. The molecule has 1 amide bonds. The van der Waals surface area contributed by atoms with Crippen molar-refractivity contribution in [2.24, 2.45) is 5.41 Å². The van der Waals surface area contributed by atoms with Gasteiger partial charge in [0.25, 0.3) is 5.91 Å². The standard InChI is InChI=1S/C16H25N3O/c1-4-17-13-7-8-14(18-11-13)15(20)19-12-6-5-9-16(2,3)10-12/h7-8,11-12,17H,4-6,9-10H2,1-3H3,(H,19,20). The Bertz CT molecular complexity index is 453. The van der Waals surface area contributed by atoms with Crippen LogP contribution in [0, 0.1) is 5.41 Å². The summed E-state index contributed by atoms with van der Waals surface area (Å²) in [5, 5.41) is 6.29. The van der Waals surface area contributed by atoms with E-state index in [-0.39, 0.29) is 11.9 Å². The molecule has 0 spiro atoms. The highest BCUT2D eigenvalue weighted by atomic mass is 16.1. The van der Waals surface area contributed by atoms with Crippen LogP contribution in [0.2, 0.25) is 0 Å². The Morgan fingerprint density at radius 2 is 2.25 bits per heavy atom. The van der Waals surface area contributed by atoms with Crippen molar-refractivity contribution in [3.63, 3.8) is 0 Å². The van der Waals surface area contributed by atoms with Gasteiger partial charge in [0.05, 0.1) is 11.9 Å². The Morgan fingerprint density at radius 1 is 1.45 bits per heavy atom. The molecule has 2 N–H and O–H groups in total. The summed E-state index contributed by atoms with van der Waals surface area (Å²) in [6, 6.07) is 3.96. The highest BCUT2D eigenvalue weighted by molar-refractivity contribution is 5.92. The first-order valence-corrected chi connectivity index (χ1v) is 7.51. The number of nitrogens with one attached hydrogen (secondary N) is 2. The Balaban J connectivity index is 1.94. The van der Waals surface area contributed by atoms with E-state index in [1.165, 1.54) is 12.8 Å². The molecule has 1 aromatic heterocycles. The molecule has 4 heteroatoms. The fourth-order valence-corrected chi connectivity index (χ4v) is 2.92. The summed E-state index contributed by atoms with van der Waals surface area (Å²) in [4.78, 5) is 16.4. The number of pyridine rings is 1. The van der Waals surface area contributed by atoms with Crippen molar-refractivity contribution in [3.8, 4) is 0 Å². The van der Waals surface area contributed by atoms with Gasteiger partial charge in [-0.25, -0.2) is 4.98 Å². The highest BCUT2D eigenvalue weighted by Gasteiger charge is 2.29. The van der Waals surface area contributed by atoms with Crippen LogP contribution in [0.3, 0.4) is 0 Å². The number of anilines is 1. The SMILES string of the molecule is CCNc1ccc(C(=O)NC2CCCC(C)(C)C2)nc1. The zero-order chi connectivity index (χ0) is 14.6. The maximum Gasteiger partial charge on any atom is 0.270 e. The van der Waals surface area contributed by atoms with Gasteiger partial charge in [0, 0.05) is 12.6 Å². The second kappa shape index (κ2) is 6.25. The second-order valence-electron chi connectivity index (χ2n) is 6.39. The van der Waals surface area contributed by atoms with Gasteiger partial charge >= 0.3 is 0 Å². The smallest absolute Gasteiger partial charge is 0.270 e. The van der Waals surface area contributed by atoms with E-state index in [4.69, 9.17) is 0 Å². The van der Waals surface area contributed by atoms with Gasteiger partial charge in [-0.3, -0.25) is 4.79 Å². The molecule has 1 saturated carbocycles. The molecule has 20 heavy (non-hydrogen) atoms. The van der Waals surface area contributed by atoms with Crippen molar-refractivity contribution in [1.29, 1.82) is 0 Å². The zero-order valence-corrected chi connectivity index (χ0v) is 12.7. The summed E-state index contributed by atoms with van der Waals surface area (Å²) >= 11 is 0.